The van der Waals surface area contributed by atoms with Crippen molar-refractivity contribution < 1.29 is 19.2 Å². The molecule has 0 bridgehead atoms. The molecule has 0 radical (unpaired) electrons. The molecule has 35 heavy (non-hydrogen) atoms. The first-order valence-corrected chi connectivity index (χ1v) is 12.9. The minimum Gasteiger partial charge on any atom is -0.356 e. The highest BCUT2D eigenvalue weighted by Gasteiger charge is 2.33. The van der Waals surface area contributed by atoms with E-state index in [4.69, 9.17) is 5.26 Å². The predicted molar refractivity (Wildman–Crippen MR) is 137 cm³/mol. The number of nitrogens with zero attached hydrogens (tertiary/aromatic N) is 1. The van der Waals surface area contributed by atoms with Crippen molar-refractivity contribution in [3.05, 3.63) is 0 Å². The summed E-state index contributed by atoms with van der Waals surface area (Å²) in [4.78, 5) is 44.9. The van der Waals surface area contributed by atoms with Crippen molar-refractivity contribution in [3.8, 4) is 6.07 Å². The van der Waals surface area contributed by atoms with E-state index in [1.165, 1.54) is 0 Å². The number of hydrogen-bond donors (Lipinski definition) is 4. The molecule has 9 heteroatoms. The fraction of sp³-hybridized carbons (Fsp3) is 0.808. The zero-order valence-electron chi connectivity index (χ0n) is 22.5. The van der Waals surface area contributed by atoms with Crippen LogP contribution >= 0.6 is 0 Å². The first-order chi connectivity index (χ1) is 16.5. The van der Waals surface area contributed by atoms with Crippen molar-refractivity contribution in [3.63, 3.8) is 0 Å². The zero-order chi connectivity index (χ0) is 26.9. The lowest BCUT2D eigenvalue weighted by atomic mass is 9.96. The van der Waals surface area contributed by atoms with Crippen LogP contribution in [0.15, 0.2) is 0 Å². The van der Waals surface area contributed by atoms with Gasteiger partial charge in [-0.3, -0.25) is 14.4 Å². The van der Waals surface area contributed by atoms with E-state index < -0.39 is 12.1 Å². The maximum Gasteiger partial charge on any atom is 0.243 e. The van der Waals surface area contributed by atoms with Crippen molar-refractivity contribution in [2.24, 2.45) is 11.3 Å². The third-order valence-electron chi connectivity index (χ3n) is 5.77. The predicted octanol–water partition coefficient (Wildman–Crippen LogP) is 2.60. The highest BCUT2D eigenvalue weighted by atomic mass is 16.2. The van der Waals surface area contributed by atoms with Gasteiger partial charge >= 0.3 is 0 Å². The molecule has 4 N–H and O–H groups in total. The molecule has 9 nitrogen and oxygen atoms in total. The van der Waals surface area contributed by atoms with E-state index in [1.807, 2.05) is 26.8 Å². The summed E-state index contributed by atoms with van der Waals surface area (Å²) in [5.74, 6) is -0.00854. The van der Waals surface area contributed by atoms with Crippen LogP contribution in [0.2, 0.25) is 0 Å². The molecule has 0 spiro atoms. The van der Waals surface area contributed by atoms with Gasteiger partial charge in [-0.2, -0.15) is 5.26 Å². The third kappa shape index (κ3) is 15.2. The van der Waals surface area contributed by atoms with Crippen LogP contribution in [0.25, 0.3) is 0 Å². The Morgan fingerprint density at radius 3 is 2.14 bits per heavy atom. The Morgan fingerprint density at radius 2 is 1.77 bits per heavy atom. The number of nitriles is 1. The lowest BCUT2D eigenvalue weighted by Gasteiger charge is -2.26. The molecule has 1 aliphatic carbocycles. The molecule has 1 saturated heterocycles. The molecule has 0 aromatic heterocycles. The van der Waals surface area contributed by atoms with E-state index in [9.17, 15) is 19.2 Å². The fourth-order valence-electron chi connectivity index (χ4n) is 3.66. The highest BCUT2D eigenvalue weighted by molar-refractivity contribution is 5.90. The van der Waals surface area contributed by atoms with E-state index in [-0.39, 0.29) is 35.1 Å². The summed E-state index contributed by atoms with van der Waals surface area (Å²) in [5, 5.41) is 20.2. The minimum atomic E-state index is -0.552. The molecule has 200 valence electrons. The standard InChI is InChI=1S/C17H30N4O2.C5H10O.C4H7NO/c1-4-5-10-14(19-3)16(22)21-15(13-8-6-7-9-13)17(23)20-12(2)11-18;1-5(2,3)4-6;6-4-2-1-3-5-4/h12-15,19H,4-10H2,1-3H3,(H,20,23)(H,21,22);4H,1-3H3;1-3H2,(H,5,6)/t12?,14-,15?;;/m0../s1. The van der Waals surface area contributed by atoms with Gasteiger partial charge in [-0.25, -0.2) is 0 Å². The Labute approximate surface area is 211 Å². The summed E-state index contributed by atoms with van der Waals surface area (Å²) >= 11 is 0. The molecule has 0 aromatic carbocycles. The van der Waals surface area contributed by atoms with Gasteiger partial charge in [0, 0.05) is 18.4 Å². The summed E-state index contributed by atoms with van der Waals surface area (Å²) < 4.78 is 0. The topological polar surface area (TPSA) is 140 Å². The molecular formula is C26H47N5O4. The normalized spacial score (nSPS) is 17.8. The summed E-state index contributed by atoms with van der Waals surface area (Å²) in [6, 6.07) is 0.626. The van der Waals surface area contributed by atoms with Crippen molar-refractivity contribution in [2.75, 3.05) is 13.6 Å². The average Bonchev–Trinajstić information content (AvgIpc) is 3.52. The SMILES string of the molecule is CC(C)(C)C=O.CCCC[C@H](NC)C(=O)NC(C(=O)NC(C)C#N)C1CCCC1.O=C1CCCN1. The average molecular weight is 494 g/mol. The number of unbranched alkanes of at least 4 members (excludes halogenated alkanes) is 1. The van der Waals surface area contributed by atoms with E-state index in [0.717, 1.165) is 70.6 Å². The monoisotopic (exact) mass is 493 g/mol. The van der Waals surface area contributed by atoms with Gasteiger partial charge < -0.3 is 26.1 Å². The van der Waals surface area contributed by atoms with Crippen molar-refractivity contribution in [1.29, 1.82) is 5.26 Å². The molecule has 1 heterocycles. The number of amides is 3. The first-order valence-electron chi connectivity index (χ1n) is 12.9. The molecule has 2 unspecified atom stereocenters. The van der Waals surface area contributed by atoms with Crippen molar-refractivity contribution >= 4 is 24.0 Å². The Balaban J connectivity index is 0.000000781. The quantitative estimate of drug-likeness (QED) is 0.364. The molecule has 1 aliphatic heterocycles. The Kier molecular flexibility index (Phi) is 16.6. The third-order valence-corrected chi connectivity index (χ3v) is 5.77. The molecule has 2 rings (SSSR count). The second-order valence-electron chi connectivity index (χ2n) is 10.3. The number of rotatable bonds is 9. The van der Waals surface area contributed by atoms with E-state index >= 15 is 0 Å². The second-order valence-corrected chi connectivity index (χ2v) is 10.3. The number of carbonyl (C=O) groups is 4. The van der Waals surface area contributed by atoms with E-state index in [0.29, 0.717) is 0 Å². The molecule has 3 atom stereocenters. The largest absolute Gasteiger partial charge is 0.356 e. The van der Waals surface area contributed by atoms with Crippen molar-refractivity contribution in [2.45, 2.75) is 111 Å². The van der Waals surface area contributed by atoms with Crippen LogP contribution in [0.1, 0.15) is 92.4 Å². The lowest BCUT2D eigenvalue weighted by molar-refractivity contribution is -0.131. The maximum atomic E-state index is 12.5. The van der Waals surface area contributed by atoms with Crippen molar-refractivity contribution in [1.82, 2.24) is 21.3 Å². The first kappa shape index (κ1) is 32.5. The van der Waals surface area contributed by atoms with Gasteiger partial charge in [-0.15, -0.1) is 0 Å². The van der Waals surface area contributed by atoms with Crippen LogP contribution in [0.3, 0.4) is 0 Å². The molecule has 2 aliphatic rings. The van der Waals surface area contributed by atoms with Crippen LogP contribution < -0.4 is 21.3 Å². The molecule has 2 fully saturated rings. The van der Waals surface area contributed by atoms with Crippen LogP contribution in [0.5, 0.6) is 0 Å². The van der Waals surface area contributed by atoms with E-state index in [1.54, 1.807) is 14.0 Å². The van der Waals surface area contributed by atoms with Gasteiger partial charge in [0.25, 0.3) is 0 Å². The van der Waals surface area contributed by atoms with Gasteiger partial charge in [-0.1, -0.05) is 53.4 Å². The smallest absolute Gasteiger partial charge is 0.243 e. The molecule has 0 aromatic rings. The Morgan fingerprint density at radius 1 is 1.17 bits per heavy atom. The second kappa shape index (κ2) is 17.9. The number of hydrogen-bond acceptors (Lipinski definition) is 6. The summed E-state index contributed by atoms with van der Waals surface area (Å²) in [5.41, 5.74) is -0.139. The summed E-state index contributed by atoms with van der Waals surface area (Å²) in [6.45, 7) is 10.2. The fourth-order valence-corrected chi connectivity index (χ4v) is 3.66. The number of likely N-dealkylation sites (N-methyl/N-ethyl adjacent to an activating group) is 1. The van der Waals surface area contributed by atoms with Crippen LogP contribution in [-0.4, -0.2) is 55.7 Å². The summed E-state index contributed by atoms with van der Waals surface area (Å²) in [6.07, 6.45) is 9.50. The molecular weight excluding hydrogens is 446 g/mol. The molecule has 1 saturated carbocycles. The molecule has 3 amide bonds. The number of carbonyl (C=O) groups excluding carboxylic acids is 4. The lowest BCUT2D eigenvalue weighted by Crippen LogP contribution is -2.55. The van der Waals surface area contributed by atoms with Gasteiger partial charge in [0.2, 0.25) is 17.7 Å². The van der Waals surface area contributed by atoms with Crippen LogP contribution in [0.4, 0.5) is 0 Å². The Hall–Kier alpha value is -2.47. The summed E-state index contributed by atoms with van der Waals surface area (Å²) in [7, 11) is 1.77. The minimum absolute atomic E-state index is 0.127. The Bertz CT molecular complexity index is 685. The highest BCUT2D eigenvalue weighted by Crippen LogP contribution is 2.28. The van der Waals surface area contributed by atoms with Gasteiger partial charge in [0.1, 0.15) is 18.4 Å². The zero-order valence-corrected chi connectivity index (χ0v) is 22.5. The van der Waals surface area contributed by atoms with Gasteiger partial charge in [0.15, 0.2) is 0 Å². The van der Waals surface area contributed by atoms with Crippen LogP contribution in [-0.2, 0) is 19.2 Å². The number of aldehydes is 1. The maximum absolute atomic E-state index is 12.5. The van der Waals surface area contributed by atoms with Gasteiger partial charge in [-0.05, 0) is 45.6 Å². The van der Waals surface area contributed by atoms with Gasteiger partial charge in [0.05, 0.1) is 12.1 Å². The van der Waals surface area contributed by atoms with E-state index in [2.05, 4.69) is 28.2 Å². The number of nitrogens with one attached hydrogen (secondary N) is 4. The van der Waals surface area contributed by atoms with Crippen LogP contribution in [0, 0.1) is 22.7 Å².